The summed E-state index contributed by atoms with van der Waals surface area (Å²) in [6, 6.07) is 15.1. The lowest BCUT2D eigenvalue weighted by Gasteiger charge is -2.44. The summed E-state index contributed by atoms with van der Waals surface area (Å²) in [5, 5.41) is 21.7. The van der Waals surface area contributed by atoms with E-state index in [0.717, 1.165) is 12.2 Å². The van der Waals surface area contributed by atoms with Gasteiger partial charge in [0, 0.05) is 18.2 Å². The summed E-state index contributed by atoms with van der Waals surface area (Å²) in [5.41, 5.74) is 3.38. The summed E-state index contributed by atoms with van der Waals surface area (Å²) in [5.74, 6) is 0. The van der Waals surface area contributed by atoms with Crippen molar-refractivity contribution in [1.82, 2.24) is 4.90 Å². The molecule has 3 atom stereocenters. The Balaban J connectivity index is 1.74. The van der Waals surface area contributed by atoms with Crippen molar-refractivity contribution in [3.63, 3.8) is 0 Å². The van der Waals surface area contributed by atoms with Gasteiger partial charge in [-0.3, -0.25) is 15.0 Å². The van der Waals surface area contributed by atoms with Gasteiger partial charge in [0.2, 0.25) is 0 Å². The van der Waals surface area contributed by atoms with Crippen molar-refractivity contribution in [3.05, 3.63) is 69.8 Å². The minimum atomic E-state index is -0.393. The van der Waals surface area contributed by atoms with Crippen LogP contribution in [-0.2, 0) is 0 Å². The lowest BCUT2D eigenvalue weighted by Crippen LogP contribution is -2.50. The van der Waals surface area contributed by atoms with Gasteiger partial charge in [-0.2, -0.15) is 5.11 Å². The van der Waals surface area contributed by atoms with Gasteiger partial charge in [0.1, 0.15) is 12.2 Å². The van der Waals surface area contributed by atoms with E-state index in [0.29, 0.717) is 0 Å². The smallest absolute Gasteiger partial charge is 0.269 e. The molecule has 0 spiro atoms. The molecule has 0 N–H and O–H groups in total. The molecule has 0 bridgehead atoms. The van der Waals surface area contributed by atoms with Crippen molar-refractivity contribution in [3.8, 4) is 0 Å². The minimum Gasteiger partial charge on any atom is -0.273 e. The first-order valence-corrected chi connectivity index (χ1v) is 8.41. The highest BCUT2D eigenvalue weighted by atomic mass is 16.6. The molecule has 0 saturated heterocycles. The first-order chi connectivity index (χ1) is 12.1. The average Bonchev–Trinajstić information content (AvgIpc) is 3.07. The van der Waals surface area contributed by atoms with Crippen LogP contribution in [0.5, 0.6) is 0 Å². The Labute approximate surface area is 145 Å². The zero-order valence-corrected chi connectivity index (χ0v) is 14.1. The summed E-state index contributed by atoms with van der Waals surface area (Å²) in [7, 11) is 0. The largest absolute Gasteiger partial charge is 0.273 e. The Morgan fingerprint density at radius 2 is 1.80 bits per heavy atom. The normalized spacial score (nSPS) is 24.9. The van der Waals surface area contributed by atoms with E-state index >= 15 is 0 Å². The molecule has 0 aliphatic carbocycles. The van der Waals surface area contributed by atoms with Crippen LogP contribution in [-0.4, -0.2) is 22.5 Å². The topological polar surface area (TPSA) is 74.3 Å². The summed E-state index contributed by atoms with van der Waals surface area (Å²) < 4.78 is 0. The second-order valence-electron chi connectivity index (χ2n) is 6.32. The molecule has 0 radical (unpaired) electrons. The maximum atomic E-state index is 10.9. The number of benzene rings is 2. The molecule has 0 aromatic heterocycles. The number of hydrogen-bond acceptors (Lipinski definition) is 6. The predicted molar refractivity (Wildman–Crippen MR) is 94.2 cm³/mol. The molecule has 0 unspecified atom stereocenters. The van der Waals surface area contributed by atoms with E-state index in [2.05, 4.69) is 47.3 Å². The third-order valence-electron chi connectivity index (χ3n) is 5.10. The van der Waals surface area contributed by atoms with E-state index in [9.17, 15) is 10.1 Å². The molecule has 2 aromatic carbocycles. The summed E-state index contributed by atoms with van der Waals surface area (Å²) in [4.78, 5) is 12.9. The van der Waals surface area contributed by atoms with Gasteiger partial charge in [-0.1, -0.05) is 36.4 Å². The molecule has 2 aliphatic rings. The molecule has 4 rings (SSSR count). The first-order valence-electron chi connectivity index (χ1n) is 8.41. The van der Waals surface area contributed by atoms with Crippen LogP contribution < -0.4 is 5.01 Å². The van der Waals surface area contributed by atoms with Crippen molar-refractivity contribution in [2.45, 2.75) is 32.1 Å². The number of nitro groups is 1. The van der Waals surface area contributed by atoms with E-state index < -0.39 is 4.92 Å². The lowest BCUT2D eigenvalue weighted by molar-refractivity contribution is -0.384. The molecule has 7 nitrogen and oxygen atoms in total. The standard InChI is InChI=1S/C18H19N5O2/c1-3-21-12(2)15-6-4-5-7-16(15)17-18(21)22(20-19-17)13-8-10-14(11-9-13)23(24)25/h4-12,17-18H,3H2,1-2H3/t12-,17+,18+/m1/s1. The molecule has 0 fully saturated rings. The van der Waals surface area contributed by atoms with E-state index in [1.54, 1.807) is 12.1 Å². The van der Waals surface area contributed by atoms with E-state index in [1.165, 1.54) is 23.3 Å². The third-order valence-corrected chi connectivity index (χ3v) is 5.10. The zero-order chi connectivity index (χ0) is 17.6. The molecule has 2 heterocycles. The van der Waals surface area contributed by atoms with Crippen LogP contribution in [0.2, 0.25) is 0 Å². The number of nitrogens with zero attached hydrogens (tertiary/aromatic N) is 5. The van der Waals surface area contributed by atoms with Gasteiger partial charge in [-0.25, -0.2) is 5.01 Å². The van der Waals surface area contributed by atoms with Crippen molar-refractivity contribution in [2.24, 2.45) is 10.3 Å². The number of fused-ring (bicyclic) bond motifs is 3. The monoisotopic (exact) mass is 337 g/mol. The first kappa shape index (κ1) is 15.7. The Morgan fingerprint density at radius 3 is 2.44 bits per heavy atom. The van der Waals surface area contributed by atoms with Crippen molar-refractivity contribution < 1.29 is 4.92 Å². The van der Waals surface area contributed by atoms with Gasteiger partial charge in [-0.15, -0.1) is 0 Å². The number of rotatable bonds is 3. The highest BCUT2D eigenvalue weighted by molar-refractivity contribution is 5.53. The molecule has 2 aliphatic heterocycles. The highest BCUT2D eigenvalue weighted by Crippen LogP contribution is 2.46. The van der Waals surface area contributed by atoms with Gasteiger partial charge in [-0.05, 0) is 36.7 Å². The number of anilines is 1. The van der Waals surface area contributed by atoms with Gasteiger partial charge < -0.3 is 0 Å². The summed E-state index contributed by atoms with van der Waals surface area (Å²) in [6.07, 6.45) is -0.0173. The number of likely N-dealkylation sites (N-methyl/N-ethyl adjacent to an activating group) is 1. The Morgan fingerprint density at radius 1 is 1.12 bits per heavy atom. The second kappa shape index (κ2) is 5.93. The van der Waals surface area contributed by atoms with Crippen LogP contribution in [0.1, 0.15) is 37.1 Å². The number of non-ortho nitro benzene ring substituents is 1. The quantitative estimate of drug-likeness (QED) is 0.620. The number of nitro benzene ring substituents is 1. The SMILES string of the molecule is CCN1[C@H](C)c2ccccc2[C@@H]2N=NN(c3ccc([N+](=O)[O-])cc3)[C@@H]21. The average molecular weight is 337 g/mol. The van der Waals surface area contributed by atoms with Crippen molar-refractivity contribution in [1.29, 1.82) is 0 Å². The Kier molecular flexibility index (Phi) is 3.73. The lowest BCUT2D eigenvalue weighted by atomic mass is 9.88. The zero-order valence-electron chi connectivity index (χ0n) is 14.1. The van der Waals surface area contributed by atoms with Gasteiger partial charge in [0.15, 0.2) is 0 Å². The van der Waals surface area contributed by atoms with Crippen LogP contribution in [0.25, 0.3) is 0 Å². The van der Waals surface area contributed by atoms with E-state index in [1.807, 2.05) is 11.1 Å². The summed E-state index contributed by atoms with van der Waals surface area (Å²) >= 11 is 0. The van der Waals surface area contributed by atoms with Crippen LogP contribution >= 0.6 is 0 Å². The van der Waals surface area contributed by atoms with Crippen molar-refractivity contribution in [2.75, 3.05) is 11.6 Å². The minimum absolute atomic E-state index is 0.0173. The number of hydrogen-bond donors (Lipinski definition) is 0. The molecular weight excluding hydrogens is 318 g/mol. The fraction of sp³-hybridized carbons (Fsp3) is 0.333. The van der Waals surface area contributed by atoms with Gasteiger partial charge in [0.25, 0.3) is 5.69 Å². The molecule has 0 saturated carbocycles. The molecular formula is C18H19N5O2. The highest BCUT2D eigenvalue weighted by Gasteiger charge is 2.45. The fourth-order valence-electron chi connectivity index (χ4n) is 3.86. The Hall–Kier alpha value is -2.80. The maximum Gasteiger partial charge on any atom is 0.269 e. The van der Waals surface area contributed by atoms with E-state index in [-0.39, 0.29) is 23.9 Å². The van der Waals surface area contributed by atoms with Crippen molar-refractivity contribution >= 4 is 11.4 Å². The van der Waals surface area contributed by atoms with Crippen LogP contribution in [0.15, 0.2) is 58.9 Å². The maximum absolute atomic E-state index is 10.9. The fourth-order valence-corrected chi connectivity index (χ4v) is 3.86. The van der Waals surface area contributed by atoms with Crippen LogP contribution in [0.4, 0.5) is 11.4 Å². The molecule has 0 amide bonds. The third kappa shape index (κ3) is 2.39. The predicted octanol–water partition coefficient (Wildman–Crippen LogP) is 4.25. The molecule has 2 aromatic rings. The van der Waals surface area contributed by atoms with Gasteiger partial charge >= 0.3 is 0 Å². The molecule has 7 heteroatoms. The van der Waals surface area contributed by atoms with Gasteiger partial charge in [0.05, 0.1) is 10.6 Å². The van der Waals surface area contributed by atoms with Crippen LogP contribution in [0, 0.1) is 10.1 Å². The molecule has 25 heavy (non-hydrogen) atoms. The Bertz CT molecular complexity index is 836. The summed E-state index contributed by atoms with van der Waals surface area (Å²) in [6.45, 7) is 5.20. The second-order valence-corrected chi connectivity index (χ2v) is 6.32. The molecule has 128 valence electrons. The van der Waals surface area contributed by atoms with Crippen LogP contribution in [0.3, 0.4) is 0 Å². The van der Waals surface area contributed by atoms with E-state index in [4.69, 9.17) is 0 Å².